The molecule has 1 aromatic carbocycles. The first-order valence-electron chi connectivity index (χ1n) is 5.59. The number of hydrogen-bond donors (Lipinski definition) is 2. The lowest BCUT2D eigenvalue weighted by molar-refractivity contribution is -0.122. The highest BCUT2D eigenvalue weighted by Gasteiger charge is 2.22. The van der Waals surface area contributed by atoms with E-state index in [-0.39, 0.29) is 11.8 Å². The van der Waals surface area contributed by atoms with Gasteiger partial charge in [0.15, 0.2) is 0 Å². The van der Waals surface area contributed by atoms with Crippen LogP contribution in [0.3, 0.4) is 0 Å². The van der Waals surface area contributed by atoms with Crippen LogP contribution in [0, 0.1) is 20.8 Å². The topological polar surface area (TPSA) is 64.3 Å². The van der Waals surface area contributed by atoms with E-state index in [1.165, 1.54) is 0 Å². The van der Waals surface area contributed by atoms with Gasteiger partial charge in [-0.05, 0) is 44.4 Å². The molecule has 1 rings (SSSR count). The van der Waals surface area contributed by atoms with Gasteiger partial charge in [0.2, 0.25) is 5.91 Å². The smallest absolute Gasteiger partial charge is 0.241 e. The molecule has 0 aliphatic rings. The molecular formula is C13H20N2O2. The third-order valence-electron chi connectivity index (χ3n) is 3.21. The highest BCUT2D eigenvalue weighted by molar-refractivity contribution is 5.84. The molecule has 4 heteroatoms. The summed E-state index contributed by atoms with van der Waals surface area (Å²) in [6, 6.07) is 2.06. The van der Waals surface area contributed by atoms with Crippen molar-refractivity contribution in [3.05, 3.63) is 28.3 Å². The third kappa shape index (κ3) is 2.42. The lowest BCUT2D eigenvalue weighted by Gasteiger charge is -2.20. The molecule has 0 saturated heterocycles. The number of rotatable bonds is 3. The Labute approximate surface area is 102 Å². The fourth-order valence-corrected chi connectivity index (χ4v) is 2.13. The van der Waals surface area contributed by atoms with Gasteiger partial charge >= 0.3 is 0 Å². The molecule has 1 aromatic rings. The molecule has 0 aliphatic heterocycles. The molecule has 0 aliphatic carbocycles. The third-order valence-corrected chi connectivity index (χ3v) is 3.21. The molecule has 0 aromatic heterocycles. The van der Waals surface area contributed by atoms with E-state index >= 15 is 0 Å². The normalized spacial score (nSPS) is 12.1. The van der Waals surface area contributed by atoms with Crippen LogP contribution in [0.2, 0.25) is 0 Å². The number of nitrogens with two attached hydrogens (primary N) is 1. The number of hydrazine groups is 1. The van der Waals surface area contributed by atoms with Crippen molar-refractivity contribution in [2.45, 2.75) is 33.6 Å². The molecular weight excluding hydrogens is 216 g/mol. The number of benzene rings is 1. The maximum Gasteiger partial charge on any atom is 0.241 e. The summed E-state index contributed by atoms with van der Waals surface area (Å²) in [6.45, 7) is 7.82. The molecule has 0 fully saturated rings. The number of carbonyl (C=O) groups excluding carboxylic acids is 1. The summed E-state index contributed by atoms with van der Waals surface area (Å²) in [4.78, 5) is 11.6. The lowest BCUT2D eigenvalue weighted by Crippen LogP contribution is -2.34. The minimum Gasteiger partial charge on any atom is -0.496 e. The monoisotopic (exact) mass is 236 g/mol. The summed E-state index contributed by atoms with van der Waals surface area (Å²) in [5.41, 5.74) is 6.34. The molecule has 1 atom stereocenters. The van der Waals surface area contributed by atoms with Gasteiger partial charge in [0.05, 0.1) is 13.0 Å². The second-order valence-corrected chi connectivity index (χ2v) is 4.31. The molecule has 1 amide bonds. The Hall–Kier alpha value is -1.55. The van der Waals surface area contributed by atoms with E-state index < -0.39 is 0 Å². The van der Waals surface area contributed by atoms with E-state index in [4.69, 9.17) is 10.6 Å². The van der Waals surface area contributed by atoms with Gasteiger partial charge in [-0.25, -0.2) is 5.84 Å². The van der Waals surface area contributed by atoms with Crippen molar-refractivity contribution in [2.75, 3.05) is 7.11 Å². The highest BCUT2D eigenvalue weighted by Crippen LogP contribution is 2.34. The van der Waals surface area contributed by atoms with Gasteiger partial charge in [0.25, 0.3) is 0 Å². The van der Waals surface area contributed by atoms with Crippen molar-refractivity contribution in [2.24, 2.45) is 5.84 Å². The van der Waals surface area contributed by atoms with Crippen LogP contribution in [-0.2, 0) is 4.79 Å². The van der Waals surface area contributed by atoms with E-state index in [0.717, 1.165) is 28.0 Å². The Kier molecular flexibility index (Phi) is 4.12. The van der Waals surface area contributed by atoms with Gasteiger partial charge < -0.3 is 4.74 Å². The van der Waals surface area contributed by atoms with Gasteiger partial charge in [-0.15, -0.1) is 0 Å². The van der Waals surface area contributed by atoms with Crippen molar-refractivity contribution in [1.82, 2.24) is 5.43 Å². The van der Waals surface area contributed by atoms with Crippen molar-refractivity contribution in [3.8, 4) is 5.75 Å². The van der Waals surface area contributed by atoms with Crippen LogP contribution >= 0.6 is 0 Å². The quantitative estimate of drug-likeness (QED) is 0.477. The second-order valence-electron chi connectivity index (χ2n) is 4.31. The SMILES string of the molecule is COc1c(C)c(C)cc(C)c1C(C)C(=O)NN. The predicted octanol–water partition coefficient (Wildman–Crippen LogP) is 1.71. The average molecular weight is 236 g/mol. The van der Waals surface area contributed by atoms with Crippen molar-refractivity contribution in [3.63, 3.8) is 0 Å². The van der Waals surface area contributed by atoms with Crippen molar-refractivity contribution in [1.29, 1.82) is 0 Å². The number of methoxy groups -OCH3 is 1. The van der Waals surface area contributed by atoms with Gasteiger partial charge in [0.1, 0.15) is 5.75 Å². The van der Waals surface area contributed by atoms with Crippen LogP contribution in [0.25, 0.3) is 0 Å². The summed E-state index contributed by atoms with van der Waals surface area (Å²) >= 11 is 0. The summed E-state index contributed by atoms with van der Waals surface area (Å²) in [5.74, 6) is 5.42. The zero-order valence-corrected chi connectivity index (χ0v) is 11.0. The Balaban J connectivity index is 3.41. The number of aryl methyl sites for hydroxylation is 2. The maximum absolute atomic E-state index is 11.6. The molecule has 0 heterocycles. The van der Waals surface area contributed by atoms with Gasteiger partial charge in [-0.3, -0.25) is 10.2 Å². The molecule has 0 spiro atoms. The first-order chi connectivity index (χ1) is 7.93. The van der Waals surface area contributed by atoms with Crippen LogP contribution in [0.1, 0.15) is 35.1 Å². The average Bonchev–Trinajstić information content (AvgIpc) is 2.31. The molecule has 0 saturated carbocycles. The van der Waals surface area contributed by atoms with Crippen LogP contribution in [0.15, 0.2) is 6.07 Å². The van der Waals surface area contributed by atoms with E-state index in [9.17, 15) is 4.79 Å². The van der Waals surface area contributed by atoms with Gasteiger partial charge in [0, 0.05) is 5.56 Å². The van der Waals surface area contributed by atoms with E-state index in [2.05, 4.69) is 11.5 Å². The number of nitrogens with one attached hydrogen (secondary N) is 1. The van der Waals surface area contributed by atoms with E-state index in [0.29, 0.717) is 0 Å². The van der Waals surface area contributed by atoms with E-state index in [1.54, 1.807) is 7.11 Å². The minimum atomic E-state index is -0.325. The zero-order valence-electron chi connectivity index (χ0n) is 11.0. The largest absolute Gasteiger partial charge is 0.496 e. The number of carbonyl (C=O) groups is 1. The molecule has 17 heavy (non-hydrogen) atoms. The molecule has 0 bridgehead atoms. The second kappa shape index (κ2) is 5.19. The zero-order chi connectivity index (χ0) is 13.2. The van der Waals surface area contributed by atoms with Crippen LogP contribution in [0.5, 0.6) is 5.75 Å². The number of hydrogen-bond acceptors (Lipinski definition) is 3. The van der Waals surface area contributed by atoms with Crippen molar-refractivity contribution < 1.29 is 9.53 Å². The van der Waals surface area contributed by atoms with Gasteiger partial charge in [-0.1, -0.05) is 6.07 Å². The van der Waals surface area contributed by atoms with Crippen LogP contribution in [-0.4, -0.2) is 13.0 Å². The summed E-state index contributed by atoms with van der Waals surface area (Å²) in [7, 11) is 1.62. The minimum absolute atomic E-state index is 0.213. The number of ether oxygens (including phenoxy) is 1. The molecule has 4 nitrogen and oxygen atoms in total. The first-order valence-corrected chi connectivity index (χ1v) is 5.59. The molecule has 1 unspecified atom stereocenters. The fraction of sp³-hybridized carbons (Fsp3) is 0.462. The summed E-state index contributed by atoms with van der Waals surface area (Å²) < 4.78 is 5.43. The van der Waals surface area contributed by atoms with Crippen LogP contribution < -0.4 is 16.0 Å². The van der Waals surface area contributed by atoms with E-state index in [1.807, 2.05) is 27.7 Å². The lowest BCUT2D eigenvalue weighted by atomic mass is 9.90. The standard InChI is InChI=1S/C13H20N2O2/c1-7-6-8(2)11(10(4)13(16)15-14)12(17-5)9(7)3/h6,10H,14H2,1-5H3,(H,15,16). The summed E-state index contributed by atoms with van der Waals surface area (Å²) in [5, 5.41) is 0. The highest BCUT2D eigenvalue weighted by atomic mass is 16.5. The van der Waals surface area contributed by atoms with Crippen molar-refractivity contribution >= 4 is 5.91 Å². The Morgan fingerprint density at radius 3 is 2.41 bits per heavy atom. The first kappa shape index (κ1) is 13.5. The Morgan fingerprint density at radius 2 is 1.94 bits per heavy atom. The fourth-order valence-electron chi connectivity index (χ4n) is 2.13. The van der Waals surface area contributed by atoms with Gasteiger partial charge in [-0.2, -0.15) is 0 Å². The Bertz CT molecular complexity index is 442. The summed E-state index contributed by atoms with van der Waals surface area (Å²) in [6.07, 6.45) is 0. The molecule has 94 valence electrons. The number of amides is 1. The molecule has 0 radical (unpaired) electrons. The molecule has 3 N–H and O–H groups in total. The predicted molar refractivity (Wildman–Crippen MR) is 68.0 cm³/mol. The van der Waals surface area contributed by atoms with Crippen LogP contribution in [0.4, 0.5) is 0 Å². The maximum atomic E-state index is 11.6. The Morgan fingerprint density at radius 1 is 1.35 bits per heavy atom.